The fraction of sp³-hybridized carbons (Fsp3) is 0.875. The van der Waals surface area contributed by atoms with Crippen molar-refractivity contribution in [2.24, 2.45) is 0 Å². The molecule has 0 aliphatic rings. The van der Waals surface area contributed by atoms with Crippen LogP contribution in [0.1, 0.15) is 39.0 Å². The van der Waals surface area contributed by atoms with Crippen molar-refractivity contribution in [1.82, 2.24) is 5.32 Å². The first kappa shape index (κ1) is 10.3. The van der Waals surface area contributed by atoms with Crippen LogP contribution in [0, 0.1) is 0 Å². The largest absolute Gasteiger partial charge is 0.464 e. The molecule has 1 N–H and O–H groups in total. The zero-order valence-electron chi connectivity index (χ0n) is 7.05. The lowest BCUT2D eigenvalue weighted by molar-refractivity contribution is 0.193. The summed E-state index contributed by atoms with van der Waals surface area (Å²) in [6.07, 6.45) is 4.63. The molecule has 0 aromatic rings. The Morgan fingerprint density at radius 3 is 2.45 bits per heavy atom. The van der Waals surface area contributed by atoms with Crippen LogP contribution in [0.5, 0.6) is 0 Å². The van der Waals surface area contributed by atoms with E-state index in [1.807, 2.05) is 0 Å². The maximum absolute atomic E-state index is 9.92. The Hall–Kier alpha value is -0.730. The third kappa shape index (κ3) is 9.27. The summed E-state index contributed by atoms with van der Waals surface area (Å²) in [7, 11) is 0. The van der Waals surface area contributed by atoms with Gasteiger partial charge in [0.15, 0.2) is 0 Å². The molecule has 0 aliphatic carbocycles. The zero-order valence-corrected chi connectivity index (χ0v) is 7.05. The number of hydrogen-bond donors (Lipinski definition) is 1. The molecule has 0 saturated carbocycles. The molecule has 0 aliphatic heterocycles. The van der Waals surface area contributed by atoms with Gasteiger partial charge in [-0.3, -0.25) is 0 Å². The van der Waals surface area contributed by atoms with Crippen molar-refractivity contribution in [3.8, 4) is 0 Å². The van der Waals surface area contributed by atoms with E-state index in [9.17, 15) is 4.79 Å². The molecular weight excluding hydrogens is 142 g/mol. The number of rotatable bonds is 6. The summed E-state index contributed by atoms with van der Waals surface area (Å²) in [4.78, 5) is 9.92. The van der Waals surface area contributed by atoms with Crippen molar-refractivity contribution < 1.29 is 9.90 Å². The smallest absolute Gasteiger partial charge is 0.426 e. The molecule has 11 heavy (non-hydrogen) atoms. The lowest BCUT2D eigenvalue weighted by atomic mass is 10.1. The Kier molecular flexibility index (Phi) is 6.89. The van der Waals surface area contributed by atoms with Crippen LogP contribution in [-0.2, 0) is 0 Å². The molecule has 0 fully saturated rings. The van der Waals surface area contributed by atoms with Gasteiger partial charge in [-0.1, -0.05) is 32.6 Å². The van der Waals surface area contributed by atoms with Gasteiger partial charge in [-0.05, 0) is 6.42 Å². The molecule has 65 valence electrons. The van der Waals surface area contributed by atoms with Crippen LogP contribution in [0.4, 0.5) is 4.79 Å². The Morgan fingerprint density at radius 2 is 1.91 bits per heavy atom. The molecule has 0 aromatic carbocycles. The zero-order chi connectivity index (χ0) is 8.53. The predicted molar refractivity (Wildman–Crippen MR) is 43.8 cm³/mol. The van der Waals surface area contributed by atoms with Crippen molar-refractivity contribution in [3.05, 3.63) is 0 Å². The van der Waals surface area contributed by atoms with Crippen LogP contribution in [0.2, 0.25) is 0 Å². The van der Waals surface area contributed by atoms with E-state index in [0.717, 1.165) is 12.8 Å². The van der Waals surface area contributed by atoms with Gasteiger partial charge in [0.1, 0.15) is 0 Å². The van der Waals surface area contributed by atoms with Gasteiger partial charge in [-0.15, -0.1) is 0 Å². The fourth-order valence-electron chi connectivity index (χ4n) is 0.890. The Labute approximate surface area is 67.8 Å². The number of nitrogens with zero attached hydrogens (tertiary/aromatic N) is 1. The van der Waals surface area contributed by atoms with E-state index < -0.39 is 6.09 Å². The minimum atomic E-state index is -1.04. The summed E-state index contributed by atoms with van der Waals surface area (Å²) in [5.74, 6) is 0. The number of carboxylic acid groups (broad SMARTS) is 1. The number of hydrogen-bond acceptors (Lipinski definition) is 1. The summed E-state index contributed by atoms with van der Waals surface area (Å²) in [5.41, 5.74) is 0. The lowest BCUT2D eigenvalue weighted by Crippen LogP contribution is -2.13. The molecule has 3 nitrogen and oxygen atoms in total. The van der Waals surface area contributed by atoms with E-state index in [4.69, 9.17) is 5.11 Å². The first-order valence-electron chi connectivity index (χ1n) is 4.17. The molecule has 0 atom stereocenters. The highest BCUT2D eigenvalue weighted by molar-refractivity contribution is 5.63. The number of unbranched alkanes of at least 4 members (excludes halogenated alkanes) is 4. The summed E-state index contributed by atoms with van der Waals surface area (Å²) in [6.45, 7) is 2.63. The lowest BCUT2D eigenvalue weighted by Gasteiger charge is -1.97. The average Bonchev–Trinajstić information content (AvgIpc) is 1.96. The third-order valence-electron chi connectivity index (χ3n) is 1.51. The van der Waals surface area contributed by atoms with Gasteiger partial charge in [0.05, 0.1) is 0 Å². The summed E-state index contributed by atoms with van der Waals surface area (Å²) < 4.78 is 0. The molecule has 0 heterocycles. The molecule has 0 rings (SSSR count). The highest BCUT2D eigenvalue weighted by Gasteiger charge is 1.94. The molecule has 0 aromatic heterocycles. The second-order valence-electron chi connectivity index (χ2n) is 2.58. The van der Waals surface area contributed by atoms with Crippen molar-refractivity contribution >= 4 is 6.09 Å². The van der Waals surface area contributed by atoms with E-state index in [-0.39, 0.29) is 0 Å². The minimum absolute atomic E-state index is 0.471. The molecule has 0 bridgehead atoms. The van der Waals surface area contributed by atoms with Gasteiger partial charge in [-0.25, -0.2) is 10.1 Å². The first-order chi connectivity index (χ1) is 5.27. The quantitative estimate of drug-likeness (QED) is 0.602. The maximum Gasteiger partial charge on any atom is 0.426 e. The van der Waals surface area contributed by atoms with Crippen LogP contribution < -0.4 is 5.32 Å². The van der Waals surface area contributed by atoms with Gasteiger partial charge in [0, 0.05) is 6.54 Å². The SMILES string of the molecule is CCCCCCC[N]C(=O)O. The van der Waals surface area contributed by atoms with Gasteiger partial charge >= 0.3 is 6.09 Å². The summed E-state index contributed by atoms with van der Waals surface area (Å²) in [6, 6.07) is 0. The van der Waals surface area contributed by atoms with Crippen molar-refractivity contribution in [2.45, 2.75) is 39.0 Å². The fourth-order valence-corrected chi connectivity index (χ4v) is 0.890. The number of carbonyl (C=O) groups is 1. The van der Waals surface area contributed by atoms with Gasteiger partial charge < -0.3 is 5.11 Å². The van der Waals surface area contributed by atoms with E-state index in [1.165, 1.54) is 19.3 Å². The topological polar surface area (TPSA) is 51.4 Å². The van der Waals surface area contributed by atoms with Gasteiger partial charge in [0.25, 0.3) is 0 Å². The molecular formula is C8H16NO2. The second-order valence-corrected chi connectivity index (χ2v) is 2.58. The highest BCUT2D eigenvalue weighted by atomic mass is 16.4. The second kappa shape index (κ2) is 7.38. The molecule has 0 spiro atoms. The molecule has 0 unspecified atom stereocenters. The first-order valence-corrected chi connectivity index (χ1v) is 4.17. The van der Waals surface area contributed by atoms with E-state index in [0.29, 0.717) is 6.54 Å². The Balaban J connectivity index is 2.85. The monoisotopic (exact) mass is 158 g/mol. The Bertz CT molecular complexity index is 104. The van der Waals surface area contributed by atoms with Crippen LogP contribution in [0.15, 0.2) is 0 Å². The normalized spacial score (nSPS) is 9.55. The number of amides is 1. The van der Waals surface area contributed by atoms with Crippen LogP contribution in [-0.4, -0.2) is 17.7 Å². The molecule has 3 heteroatoms. The summed E-state index contributed by atoms with van der Waals surface area (Å²) >= 11 is 0. The van der Waals surface area contributed by atoms with Gasteiger partial charge in [-0.2, -0.15) is 0 Å². The molecule has 1 amide bonds. The molecule has 1 radical (unpaired) electrons. The standard InChI is InChI=1S/C8H16NO2/c1-2-3-4-5-6-7-9-8(10)11/h2-7H2,1H3,(H,10,11). The average molecular weight is 158 g/mol. The predicted octanol–water partition coefficient (Wildman–Crippen LogP) is 2.24. The van der Waals surface area contributed by atoms with Crippen molar-refractivity contribution in [2.75, 3.05) is 6.54 Å². The Morgan fingerprint density at radius 1 is 1.27 bits per heavy atom. The van der Waals surface area contributed by atoms with E-state index in [1.54, 1.807) is 0 Å². The van der Waals surface area contributed by atoms with Crippen LogP contribution in [0.25, 0.3) is 0 Å². The van der Waals surface area contributed by atoms with E-state index in [2.05, 4.69) is 12.2 Å². The van der Waals surface area contributed by atoms with Gasteiger partial charge in [0.2, 0.25) is 0 Å². The van der Waals surface area contributed by atoms with E-state index >= 15 is 0 Å². The maximum atomic E-state index is 9.92. The summed E-state index contributed by atoms with van der Waals surface area (Å²) in [5, 5.41) is 11.5. The van der Waals surface area contributed by atoms with Crippen LogP contribution >= 0.6 is 0 Å². The van der Waals surface area contributed by atoms with Crippen molar-refractivity contribution in [1.29, 1.82) is 0 Å². The third-order valence-corrected chi connectivity index (χ3v) is 1.51. The minimum Gasteiger partial charge on any atom is -0.464 e. The van der Waals surface area contributed by atoms with Crippen molar-refractivity contribution in [3.63, 3.8) is 0 Å². The van der Waals surface area contributed by atoms with Crippen LogP contribution in [0.3, 0.4) is 0 Å². The highest BCUT2D eigenvalue weighted by Crippen LogP contribution is 2.01. The molecule has 0 saturated heterocycles.